The summed E-state index contributed by atoms with van der Waals surface area (Å²) in [5.74, 6) is 0.657. The summed E-state index contributed by atoms with van der Waals surface area (Å²) in [6.45, 7) is 6.02. The Kier molecular flexibility index (Phi) is 7.74. The number of ether oxygens (including phenoxy) is 2. The Bertz CT molecular complexity index is 1230. The number of hydrogen-bond acceptors (Lipinski definition) is 7. The molecule has 4 rings (SSSR count). The summed E-state index contributed by atoms with van der Waals surface area (Å²) < 4.78 is 11.2. The van der Waals surface area contributed by atoms with Gasteiger partial charge >= 0.3 is 5.97 Å². The van der Waals surface area contributed by atoms with Crippen molar-refractivity contribution in [3.63, 3.8) is 0 Å². The maximum atomic E-state index is 12.4. The Morgan fingerprint density at radius 2 is 1.76 bits per heavy atom. The van der Waals surface area contributed by atoms with Crippen LogP contribution in [0.15, 0.2) is 54.6 Å². The van der Waals surface area contributed by atoms with E-state index in [1.807, 2.05) is 55.5 Å². The number of hydrogen-bond donors (Lipinski definition) is 1. The number of nitrogens with zero attached hydrogens (tertiary/aromatic N) is 4. The topological polar surface area (TPSA) is 103 Å². The van der Waals surface area contributed by atoms with E-state index >= 15 is 0 Å². The largest absolute Gasteiger partial charge is 0.488 e. The summed E-state index contributed by atoms with van der Waals surface area (Å²) in [5, 5.41) is 14.2. The number of esters is 1. The van der Waals surface area contributed by atoms with Crippen LogP contribution in [-0.2, 0) is 11.3 Å². The minimum absolute atomic E-state index is 0. The molecular formula is C24H24ClN5O3. The number of tetrazole rings is 1. The van der Waals surface area contributed by atoms with Gasteiger partial charge in [0.25, 0.3) is 0 Å². The smallest absolute Gasteiger partial charge is 0.343 e. The molecule has 33 heavy (non-hydrogen) atoms. The molecule has 0 saturated carbocycles. The number of aromatic nitrogens is 5. The Balaban J connectivity index is 0.00000306. The summed E-state index contributed by atoms with van der Waals surface area (Å²) in [6, 6.07) is 17.7. The van der Waals surface area contributed by atoms with Crippen LogP contribution in [0.1, 0.15) is 34.2 Å². The molecule has 2 aromatic carbocycles. The van der Waals surface area contributed by atoms with E-state index in [0.29, 0.717) is 36.0 Å². The first-order valence-electron chi connectivity index (χ1n) is 10.3. The summed E-state index contributed by atoms with van der Waals surface area (Å²) in [6.07, 6.45) is 0. The van der Waals surface area contributed by atoms with Gasteiger partial charge in [-0.25, -0.2) is 9.89 Å². The number of pyridine rings is 1. The Morgan fingerprint density at radius 1 is 1.03 bits per heavy atom. The average molecular weight is 466 g/mol. The van der Waals surface area contributed by atoms with Crippen LogP contribution in [0.4, 0.5) is 0 Å². The lowest BCUT2D eigenvalue weighted by Gasteiger charge is -2.14. The molecule has 0 amide bonds. The molecule has 0 atom stereocenters. The van der Waals surface area contributed by atoms with Gasteiger partial charge in [-0.2, -0.15) is 0 Å². The summed E-state index contributed by atoms with van der Waals surface area (Å²) in [4.78, 5) is 16.8. The highest BCUT2D eigenvalue weighted by Gasteiger charge is 2.19. The molecule has 0 aliphatic rings. The van der Waals surface area contributed by atoms with Crippen molar-refractivity contribution in [2.75, 3.05) is 6.61 Å². The summed E-state index contributed by atoms with van der Waals surface area (Å²) in [5.41, 5.74) is 5.67. The van der Waals surface area contributed by atoms with Crippen LogP contribution in [0.2, 0.25) is 0 Å². The second kappa shape index (κ2) is 10.7. The third kappa shape index (κ3) is 5.35. The number of aromatic amines is 1. The van der Waals surface area contributed by atoms with E-state index in [9.17, 15) is 4.79 Å². The average Bonchev–Trinajstić information content (AvgIpc) is 3.32. The highest BCUT2D eigenvalue weighted by atomic mass is 35.5. The number of H-pyrrole nitrogens is 1. The van der Waals surface area contributed by atoms with Crippen LogP contribution in [0.25, 0.3) is 22.5 Å². The van der Waals surface area contributed by atoms with E-state index in [1.165, 1.54) is 0 Å². The first kappa shape index (κ1) is 23.9. The van der Waals surface area contributed by atoms with Crippen LogP contribution < -0.4 is 4.74 Å². The van der Waals surface area contributed by atoms with Crippen LogP contribution in [0, 0.1) is 13.8 Å². The van der Waals surface area contributed by atoms with Crippen LogP contribution in [0.3, 0.4) is 0 Å². The number of nitrogens with one attached hydrogen (secondary N) is 1. The lowest BCUT2D eigenvalue weighted by molar-refractivity contribution is 0.0519. The zero-order chi connectivity index (χ0) is 22.5. The van der Waals surface area contributed by atoms with E-state index in [2.05, 4.69) is 25.6 Å². The fourth-order valence-electron chi connectivity index (χ4n) is 3.51. The van der Waals surface area contributed by atoms with E-state index in [1.54, 1.807) is 19.9 Å². The number of carbonyl (C=O) groups excluding carboxylic acids is 1. The Hall–Kier alpha value is -3.78. The number of rotatable bonds is 7. The molecule has 8 nitrogen and oxygen atoms in total. The van der Waals surface area contributed by atoms with E-state index in [0.717, 1.165) is 27.9 Å². The zero-order valence-corrected chi connectivity index (χ0v) is 19.3. The predicted molar refractivity (Wildman–Crippen MR) is 126 cm³/mol. The zero-order valence-electron chi connectivity index (χ0n) is 18.5. The van der Waals surface area contributed by atoms with Gasteiger partial charge in [0.05, 0.1) is 12.3 Å². The maximum Gasteiger partial charge on any atom is 0.343 e. The minimum atomic E-state index is -0.429. The molecule has 0 radical (unpaired) electrons. The standard InChI is InChI=1S/C24H23N5O3.ClH/c1-4-31-24(30)22-16(3)25-15(2)13-21(22)32-14-17-9-11-18(12-10-17)19-7-5-6-8-20(19)23-26-28-29-27-23;/h5-13H,4,14H2,1-3H3,(H,26,27,28,29);1H. The number of benzene rings is 2. The van der Waals surface area contributed by atoms with Gasteiger partial charge in [-0.15, -0.1) is 17.5 Å². The second-order valence-corrected chi connectivity index (χ2v) is 7.22. The normalized spacial score (nSPS) is 10.4. The molecular weight excluding hydrogens is 442 g/mol. The molecule has 0 unspecified atom stereocenters. The van der Waals surface area contributed by atoms with Gasteiger partial charge in [0.15, 0.2) is 5.82 Å². The van der Waals surface area contributed by atoms with E-state index < -0.39 is 5.97 Å². The van der Waals surface area contributed by atoms with Crippen molar-refractivity contribution in [1.82, 2.24) is 25.6 Å². The predicted octanol–water partition coefficient (Wildman–Crippen LogP) is 4.72. The van der Waals surface area contributed by atoms with E-state index in [4.69, 9.17) is 9.47 Å². The highest BCUT2D eigenvalue weighted by molar-refractivity contribution is 5.93. The fraction of sp³-hybridized carbons (Fsp3) is 0.208. The monoisotopic (exact) mass is 465 g/mol. The van der Waals surface area contributed by atoms with Crippen molar-refractivity contribution in [3.05, 3.63) is 77.1 Å². The van der Waals surface area contributed by atoms with Crippen molar-refractivity contribution in [3.8, 4) is 28.3 Å². The number of halogens is 1. The first-order chi connectivity index (χ1) is 15.6. The summed E-state index contributed by atoms with van der Waals surface area (Å²) >= 11 is 0. The molecule has 0 bridgehead atoms. The quantitative estimate of drug-likeness (QED) is 0.394. The molecule has 1 N–H and O–H groups in total. The van der Waals surface area contributed by atoms with Crippen molar-refractivity contribution in [2.24, 2.45) is 0 Å². The molecule has 9 heteroatoms. The second-order valence-electron chi connectivity index (χ2n) is 7.22. The van der Waals surface area contributed by atoms with Crippen molar-refractivity contribution >= 4 is 18.4 Å². The minimum Gasteiger partial charge on any atom is -0.488 e. The van der Waals surface area contributed by atoms with Gasteiger partial charge in [0, 0.05) is 17.3 Å². The van der Waals surface area contributed by atoms with Crippen molar-refractivity contribution in [1.29, 1.82) is 0 Å². The van der Waals surface area contributed by atoms with Crippen molar-refractivity contribution in [2.45, 2.75) is 27.4 Å². The lowest BCUT2D eigenvalue weighted by atomic mass is 9.98. The van der Waals surface area contributed by atoms with Gasteiger partial charge < -0.3 is 9.47 Å². The van der Waals surface area contributed by atoms with Gasteiger partial charge in [0.2, 0.25) is 0 Å². The molecule has 0 aliphatic heterocycles. The number of aryl methyl sites for hydroxylation is 2. The van der Waals surface area contributed by atoms with Gasteiger partial charge in [-0.3, -0.25) is 4.98 Å². The van der Waals surface area contributed by atoms with E-state index in [-0.39, 0.29) is 12.4 Å². The Morgan fingerprint density at radius 3 is 2.42 bits per heavy atom. The van der Waals surface area contributed by atoms with Gasteiger partial charge in [-0.05, 0) is 47.9 Å². The number of carbonyl (C=O) groups is 1. The molecule has 2 aromatic heterocycles. The van der Waals surface area contributed by atoms with Crippen LogP contribution in [0.5, 0.6) is 5.75 Å². The molecule has 2 heterocycles. The molecule has 0 saturated heterocycles. The molecule has 0 spiro atoms. The fourth-order valence-corrected chi connectivity index (χ4v) is 3.51. The molecule has 0 fully saturated rings. The maximum absolute atomic E-state index is 12.4. The highest BCUT2D eigenvalue weighted by Crippen LogP contribution is 2.30. The SMILES string of the molecule is CCOC(=O)c1c(OCc2ccc(-c3ccccc3-c3nnn[nH]3)cc2)cc(C)nc1C.Cl. The molecule has 170 valence electrons. The van der Waals surface area contributed by atoms with Gasteiger partial charge in [0.1, 0.15) is 17.9 Å². The third-order valence-corrected chi connectivity index (χ3v) is 4.96. The molecule has 0 aliphatic carbocycles. The lowest BCUT2D eigenvalue weighted by Crippen LogP contribution is -2.11. The molecule has 4 aromatic rings. The van der Waals surface area contributed by atoms with Crippen LogP contribution in [-0.4, -0.2) is 38.2 Å². The van der Waals surface area contributed by atoms with Crippen molar-refractivity contribution < 1.29 is 14.3 Å². The van der Waals surface area contributed by atoms with Gasteiger partial charge in [-0.1, -0.05) is 48.5 Å². The summed E-state index contributed by atoms with van der Waals surface area (Å²) in [7, 11) is 0. The first-order valence-corrected chi connectivity index (χ1v) is 10.3. The Labute approximate surface area is 197 Å². The van der Waals surface area contributed by atoms with Crippen LogP contribution >= 0.6 is 12.4 Å². The third-order valence-electron chi connectivity index (χ3n) is 4.96.